The Hall–Kier alpha value is -0.120. The molecule has 20 heavy (non-hydrogen) atoms. The summed E-state index contributed by atoms with van der Waals surface area (Å²) in [7, 11) is 0. The molecule has 0 spiro atoms. The first-order valence-electron chi connectivity index (χ1n) is 8.92. The van der Waals surface area contributed by atoms with E-state index in [4.69, 9.17) is 11.5 Å². The second-order valence-corrected chi connectivity index (χ2v) is 6.10. The van der Waals surface area contributed by atoms with Crippen molar-refractivity contribution in [1.82, 2.24) is 4.90 Å². The summed E-state index contributed by atoms with van der Waals surface area (Å²) in [5, 5.41) is 0. The molecule has 0 fully saturated rings. The van der Waals surface area contributed by atoms with E-state index in [1.165, 1.54) is 64.2 Å². The van der Waals surface area contributed by atoms with Crippen molar-refractivity contribution in [3.8, 4) is 0 Å². The van der Waals surface area contributed by atoms with Gasteiger partial charge in [-0.3, -0.25) is 4.90 Å². The Morgan fingerprint density at radius 2 is 1.20 bits per heavy atom. The fourth-order valence-corrected chi connectivity index (χ4v) is 2.62. The van der Waals surface area contributed by atoms with Gasteiger partial charge in [-0.15, -0.1) is 0 Å². The van der Waals surface area contributed by atoms with Crippen LogP contribution in [0.4, 0.5) is 0 Å². The van der Waals surface area contributed by atoms with E-state index in [0.29, 0.717) is 0 Å². The minimum atomic E-state index is 0.167. The van der Waals surface area contributed by atoms with Gasteiger partial charge in [-0.05, 0) is 32.9 Å². The van der Waals surface area contributed by atoms with Crippen LogP contribution in [0.2, 0.25) is 0 Å². The largest absolute Gasteiger partial charge is 0.330 e. The molecule has 0 rings (SSSR count). The van der Waals surface area contributed by atoms with E-state index < -0.39 is 0 Å². The minimum Gasteiger partial charge on any atom is -0.330 e. The Kier molecular flexibility index (Phi) is 15.2. The maximum Gasteiger partial charge on any atom is 0.0542 e. The summed E-state index contributed by atoms with van der Waals surface area (Å²) in [6.07, 6.45) is 15.1. The fraction of sp³-hybridized carbons (Fsp3) is 1.00. The standard InChI is InChI=1S/C17H39N3/c1-3-4-5-6-7-8-9-10-11-12-15-20(17(2)19)16-13-14-18/h17H,3-16,18-19H2,1-2H3. The van der Waals surface area contributed by atoms with Crippen molar-refractivity contribution < 1.29 is 0 Å². The zero-order chi connectivity index (χ0) is 15.1. The van der Waals surface area contributed by atoms with E-state index in [2.05, 4.69) is 18.7 Å². The van der Waals surface area contributed by atoms with E-state index in [0.717, 1.165) is 26.1 Å². The summed E-state index contributed by atoms with van der Waals surface area (Å²) in [6, 6.07) is 0. The number of nitrogens with zero attached hydrogens (tertiary/aromatic N) is 1. The zero-order valence-corrected chi connectivity index (χ0v) is 14.1. The molecular weight excluding hydrogens is 246 g/mol. The molecule has 122 valence electrons. The molecule has 0 aromatic carbocycles. The number of unbranched alkanes of at least 4 members (excludes halogenated alkanes) is 9. The third-order valence-electron chi connectivity index (χ3n) is 4.02. The van der Waals surface area contributed by atoms with Gasteiger partial charge in [-0.25, -0.2) is 0 Å². The Balaban J connectivity index is 3.32. The molecule has 0 bridgehead atoms. The maximum atomic E-state index is 5.98. The molecule has 4 N–H and O–H groups in total. The molecule has 0 amide bonds. The number of rotatable bonds is 15. The molecule has 0 aromatic heterocycles. The highest BCUT2D eigenvalue weighted by atomic mass is 15.2. The average Bonchev–Trinajstić information content (AvgIpc) is 2.43. The molecule has 0 radical (unpaired) electrons. The van der Waals surface area contributed by atoms with Gasteiger partial charge in [0.1, 0.15) is 0 Å². The van der Waals surface area contributed by atoms with Gasteiger partial charge < -0.3 is 11.5 Å². The topological polar surface area (TPSA) is 55.3 Å². The van der Waals surface area contributed by atoms with Gasteiger partial charge in [-0.1, -0.05) is 64.7 Å². The lowest BCUT2D eigenvalue weighted by Gasteiger charge is -2.25. The molecule has 0 aliphatic carbocycles. The fourth-order valence-electron chi connectivity index (χ4n) is 2.62. The van der Waals surface area contributed by atoms with Crippen LogP contribution in [0.15, 0.2) is 0 Å². The normalized spacial score (nSPS) is 13.1. The molecule has 0 aliphatic heterocycles. The van der Waals surface area contributed by atoms with Crippen molar-refractivity contribution in [3.63, 3.8) is 0 Å². The molecule has 1 atom stereocenters. The van der Waals surface area contributed by atoms with Crippen LogP contribution in [0.1, 0.15) is 84.5 Å². The quantitative estimate of drug-likeness (QED) is 0.355. The predicted octanol–water partition coefficient (Wildman–Crippen LogP) is 3.86. The van der Waals surface area contributed by atoms with E-state index in [9.17, 15) is 0 Å². The average molecular weight is 286 g/mol. The molecule has 0 aromatic rings. The lowest BCUT2D eigenvalue weighted by molar-refractivity contribution is 0.207. The van der Waals surface area contributed by atoms with Crippen LogP contribution < -0.4 is 11.5 Å². The monoisotopic (exact) mass is 285 g/mol. The van der Waals surface area contributed by atoms with Crippen LogP contribution in [-0.2, 0) is 0 Å². The molecule has 0 saturated carbocycles. The van der Waals surface area contributed by atoms with Gasteiger partial charge in [0.2, 0.25) is 0 Å². The number of hydrogen-bond acceptors (Lipinski definition) is 3. The van der Waals surface area contributed by atoms with Crippen LogP contribution in [0, 0.1) is 0 Å². The zero-order valence-electron chi connectivity index (χ0n) is 14.1. The van der Waals surface area contributed by atoms with Crippen molar-refractivity contribution in [2.45, 2.75) is 90.6 Å². The first-order valence-corrected chi connectivity index (χ1v) is 8.92. The van der Waals surface area contributed by atoms with Gasteiger partial charge in [0.05, 0.1) is 6.17 Å². The summed E-state index contributed by atoms with van der Waals surface area (Å²) in [5.41, 5.74) is 11.5. The summed E-state index contributed by atoms with van der Waals surface area (Å²) < 4.78 is 0. The second kappa shape index (κ2) is 15.3. The summed E-state index contributed by atoms with van der Waals surface area (Å²) in [4.78, 5) is 2.36. The first-order chi connectivity index (χ1) is 9.72. The third kappa shape index (κ3) is 12.9. The van der Waals surface area contributed by atoms with Crippen molar-refractivity contribution in [2.75, 3.05) is 19.6 Å². The second-order valence-electron chi connectivity index (χ2n) is 6.10. The Bertz CT molecular complexity index is 183. The molecule has 0 aliphatic rings. The van der Waals surface area contributed by atoms with E-state index in [1.54, 1.807) is 0 Å². The first kappa shape index (κ1) is 19.9. The van der Waals surface area contributed by atoms with Crippen molar-refractivity contribution >= 4 is 0 Å². The third-order valence-corrected chi connectivity index (χ3v) is 4.02. The van der Waals surface area contributed by atoms with E-state index in [-0.39, 0.29) is 6.17 Å². The lowest BCUT2D eigenvalue weighted by Crippen LogP contribution is -2.41. The molecule has 0 heterocycles. The minimum absolute atomic E-state index is 0.167. The van der Waals surface area contributed by atoms with Crippen molar-refractivity contribution in [1.29, 1.82) is 0 Å². The highest BCUT2D eigenvalue weighted by molar-refractivity contribution is 4.62. The number of hydrogen-bond donors (Lipinski definition) is 2. The Labute approximate surface area is 127 Å². The lowest BCUT2D eigenvalue weighted by atomic mass is 10.1. The highest BCUT2D eigenvalue weighted by Gasteiger charge is 2.07. The van der Waals surface area contributed by atoms with Crippen LogP contribution >= 0.6 is 0 Å². The van der Waals surface area contributed by atoms with E-state index in [1.807, 2.05) is 0 Å². The maximum absolute atomic E-state index is 5.98. The van der Waals surface area contributed by atoms with Gasteiger partial charge in [0, 0.05) is 6.54 Å². The van der Waals surface area contributed by atoms with Gasteiger partial charge in [0.25, 0.3) is 0 Å². The van der Waals surface area contributed by atoms with Crippen LogP contribution in [0.3, 0.4) is 0 Å². The van der Waals surface area contributed by atoms with Gasteiger partial charge in [-0.2, -0.15) is 0 Å². The molecule has 0 saturated heterocycles. The summed E-state index contributed by atoms with van der Waals surface area (Å²) in [5.74, 6) is 0. The highest BCUT2D eigenvalue weighted by Crippen LogP contribution is 2.11. The van der Waals surface area contributed by atoms with Gasteiger partial charge in [0.15, 0.2) is 0 Å². The molecule has 1 unspecified atom stereocenters. The van der Waals surface area contributed by atoms with Crippen molar-refractivity contribution in [3.05, 3.63) is 0 Å². The van der Waals surface area contributed by atoms with Gasteiger partial charge >= 0.3 is 0 Å². The van der Waals surface area contributed by atoms with Crippen LogP contribution in [0.25, 0.3) is 0 Å². The molecule has 3 nitrogen and oxygen atoms in total. The molecule has 3 heteroatoms. The SMILES string of the molecule is CCCCCCCCCCCCN(CCCN)C(C)N. The Morgan fingerprint density at radius 1 is 0.750 bits per heavy atom. The van der Waals surface area contributed by atoms with Crippen molar-refractivity contribution in [2.24, 2.45) is 11.5 Å². The Morgan fingerprint density at radius 3 is 1.65 bits per heavy atom. The summed E-state index contributed by atoms with van der Waals surface area (Å²) >= 11 is 0. The predicted molar refractivity (Wildman–Crippen MR) is 90.7 cm³/mol. The summed E-state index contributed by atoms with van der Waals surface area (Å²) in [6.45, 7) is 7.30. The number of nitrogens with two attached hydrogens (primary N) is 2. The van der Waals surface area contributed by atoms with Crippen LogP contribution in [0.5, 0.6) is 0 Å². The smallest absolute Gasteiger partial charge is 0.0542 e. The van der Waals surface area contributed by atoms with Crippen LogP contribution in [-0.4, -0.2) is 30.7 Å². The van der Waals surface area contributed by atoms with E-state index >= 15 is 0 Å². The molecular formula is C17H39N3.